The highest BCUT2D eigenvalue weighted by Crippen LogP contribution is 2.36. The molecular formula is C18H18O6. The summed E-state index contributed by atoms with van der Waals surface area (Å²) in [6, 6.07) is 14.5. The van der Waals surface area contributed by atoms with Crippen molar-refractivity contribution in [3.63, 3.8) is 0 Å². The average Bonchev–Trinajstić information content (AvgIpc) is 2.55. The molecule has 0 aliphatic carbocycles. The largest absolute Gasteiger partial charge is 0.492 e. The van der Waals surface area contributed by atoms with Gasteiger partial charge in [-0.05, 0) is 12.1 Å². The van der Waals surface area contributed by atoms with Gasteiger partial charge in [0.2, 0.25) is 0 Å². The van der Waals surface area contributed by atoms with Crippen molar-refractivity contribution in [3.05, 3.63) is 48.5 Å². The molecule has 0 aliphatic heterocycles. The summed E-state index contributed by atoms with van der Waals surface area (Å²) in [5.74, 6) is -0.754. The Morgan fingerprint density at radius 2 is 1.08 bits per heavy atom. The second kappa shape index (κ2) is 8.57. The zero-order chi connectivity index (χ0) is 17.4. The number of carboxylic acid groups (broad SMARTS) is 2. The molecule has 6 nitrogen and oxygen atoms in total. The second-order valence-electron chi connectivity index (χ2n) is 4.98. The molecule has 2 N–H and O–H groups in total. The molecule has 0 bridgehead atoms. The fourth-order valence-corrected chi connectivity index (χ4v) is 2.13. The molecule has 0 radical (unpaired) electrons. The molecule has 0 heterocycles. The number of para-hydroxylation sites is 2. The van der Waals surface area contributed by atoms with Crippen molar-refractivity contribution in [3.8, 4) is 22.6 Å². The maximum Gasteiger partial charge on any atom is 0.306 e. The molecule has 24 heavy (non-hydrogen) atoms. The fraction of sp³-hybridized carbons (Fsp3) is 0.222. The van der Waals surface area contributed by atoms with Crippen molar-refractivity contribution >= 4 is 11.9 Å². The van der Waals surface area contributed by atoms with E-state index in [-0.39, 0.29) is 26.1 Å². The second-order valence-corrected chi connectivity index (χ2v) is 4.98. The van der Waals surface area contributed by atoms with Gasteiger partial charge in [0.25, 0.3) is 0 Å². The van der Waals surface area contributed by atoms with Gasteiger partial charge in [-0.25, -0.2) is 0 Å². The maximum absolute atomic E-state index is 10.6. The number of aliphatic carboxylic acids is 2. The first kappa shape index (κ1) is 17.3. The van der Waals surface area contributed by atoms with Crippen molar-refractivity contribution in [2.45, 2.75) is 12.8 Å². The average molecular weight is 330 g/mol. The van der Waals surface area contributed by atoms with Crippen LogP contribution in [0.5, 0.6) is 11.5 Å². The Hall–Kier alpha value is -3.02. The van der Waals surface area contributed by atoms with Gasteiger partial charge in [-0.1, -0.05) is 36.4 Å². The van der Waals surface area contributed by atoms with Crippen molar-refractivity contribution < 1.29 is 29.3 Å². The Kier molecular flexibility index (Phi) is 6.19. The highest BCUT2D eigenvalue weighted by molar-refractivity contribution is 5.76. The van der Waals surface area contributed by atoms with Crippen molar-refractivity contribution in [2.75, 3.05) is 13.2 Å². The first-order chi connectivity index (χ1) is 11.6. The lowest BCUT2D eigenvalue weighted by molar-refractivity contribution is -0.138. The minimum Gasteiger partial charge on any atom is -0.492 e. The summed E-state index contributed by atoms with van der Waals surface area (Å²) < 4.78 is 11.1. The fourth-order valence-electron chi connectivity index (χ4n) is 2.13. The number of hydrogen-bond donors (Lipinski definition) is 2. The van der Waals surface area contributed by atoms with E-state index >= 15 is 0 Å². The summed E-state index contributed by atoms with van der Waals surface area (Å²) >= 11 is 0. The molecule has 0 spiro atoms. The maximum atomic E-state index is 10.6. The van der Waals surface area contributed by atoms with Crippen LogP contribution in [0.4, 0.5) is 0 Å². The van der Waals surface area contributed by atoms with Crippen molar-refractivity contribution in [1.82, 2.24) is 0 Å². The van der Waals surface area contributed by atoms with Gasteiger partial charge in [0.05, 0.1) is 26.1 Å². The van der Waals surface area contributed by atoms with E-state index in [4.69, 9.17) is 19.7 Å². The number of hydrogen-bond acceptors (Lipinski definition) is 4. The first-order valence-corrected chi connectivity index (χ1v) is 7.45. The lowest BCUT2D eigenvalue weighted by atomic mass is 10.0. The summed E-state index contributed by atoms with van der Waals surface area (Å²) in [7, 11) is 0. The van der Waals surface area contributed by atoms with Crippen LogP contribution in [0.3, 0.4) is 0 Å². The normalized spacial score (nSPS) is 10.2. The highest BCUT2D eigenvalue weighted by atomic mass is 16.5. The van der Waals surface area contributed by atoms with Gasteiger partial charge in [-0.3, -0.25) is 9.59 Å². The summed E-state index contributed by atoms with van der Waals surface area (Å²) in [4.78, 5) is 21.2. The van der Waals surface area contributed by atoms with Crippen LogP contribution in [0.1, 0.15) is 12.8 Å². The van der Waals surface area contributed by atoms with Crippen LogP contribution in [0.15, 0.2) is 48.5 Å². The smallest absolute Gasteiger partial charge is 0.306 e. The topological polar surface area (TPSA) is 93.1 Å². The Balaban J connectivity index is 2.21. The van der Waals surface area contributed by atoms with E-state index in [0.717, 1.165) is 11.1 Å². The Morgan fingerprint density at radius 1 is 0.708 bits per heavy atom. The van der Waals surface area contributed by atoms with Crippen LogP contribution < -0.4 is 9.47 Å². The molecule has 0 aliphatic rings. The number of carboxylic acids is 2. The van der Waals surface area contributed by atoms with Gasteiger partial charge in [0, 0.05) is 11.1 Å². The molecule has 0 unspecified atom stereocenters. The monoisotopic (exact) mass is 330 g/mol. The third-order valence-electron chi connectivity index (χ3n) is 3.21. The molecule has 0 amide bonds. The number of benzene rings is 2. The number of carbonyl (C=O) groups is 2. The third-order valence-corrected chi connectivity index (χ3v) is 3.21. The zero-order valence-corrected chi connectivity index (χ0v) is 13.0. The molecule has 2 rings (SSSR count). The Labute approximate surface area is 139 Å². The quantitative estimate of drug-likeness (QED) is 0.734. The van der Waals surface area contributed by atoms with Gasteiger partial charge in [-0.15, -0.1) is 0 Å². The van der Waals surface area contributed by atoms with Gasteiger partial charge >= 0.3 is 11.9 Å². The predicted molar refractivity (Wildman–Crippen MR) is 87.4 cm³/mol. The Bertz CT molecular complexity index is 649. The van der Waals surface area contributed by atoms with E-state index in [1.165, 1.54) is 0 Å². The number of ether oxygens (including phenoxy) is 2. The van der Waals surface area contributed by atoms with E-state index in [1.807, 2.05) is 24.3 Å². The van der Waals surface area contributed by atoms with Crippen LogP contribution in [-0.4, -0.2) is 35.4 Å². The summed E-state index contributed by atoms with van der Waals surface area (Å²) in [6.45, 7) is 0.128. The van der Waals surface area contributed by atoms with Crippen LogP contribution in [0.25, 0.3) is 11.1 Å². The summed E-state index contributed by atoms with van der Waals surface area (Å²) in [6.07, 6.45) is -0.184. The summed E-state index contributed by atoms with van der Waals surface area (Å²) in [5.41, 5.74) is 1.52. The van der Waals surface area contributed by atoms with Crippen molar-refractivity contribution in [1.29, 1.82) is 0 Å². The third kappa shape index (κ3) is 5.01. The van der Waals surface area contributed by atoms with E-state index < -0.39 is 11.9 Å². The van der Waals surface area contributed by atoms with Gasteiger partial charge in [0.1, 0.15) is 11.5 Å². The van der Waals surface area contributed by atoms with Crippen LogP contribution in [-0.2, 0) is 9.59 Å². The molecule has 0 atom stereocenters. The zero-order valence-electron chi connectivity index (χ0n) is 13.0. The summed E-state index contributed by atoms with van der Waals surface area (Å²) in [5, 5.41) is 17.4. The Morgan fingerprint density at radius 3 is 1.46 bits per heavy atom. The SMILES string of the molecule is O=C(O)CCOc1ccccc1-c1ccccc1OCCC(=O)O. The van der Waals surface area contributed by atoms with Gasteiger partial charge in [0.15, 0.2) is 0 Å². The van der Waals surface area contributed by atoms with E-state index in [1.54, 1.807) is 24.3 Å². The van der Waals surface area contributed by atoms with Crippen molar-refractivity contribution in [2.24, 2.45) is 0 Å². The standard InChI is InChI=1S/C18H18O6/c19-17(20)9-11-23-15-7-3-1-5-13(15)14-6-2-4-8-16(14)24-12-10-18(21)22/h1-8H,9-12H2,(H,19,20)(H,21,22). The van der Waals surface area contributed by atoms with Crippen LogP contribution >= 0.6 is 0 Å². The van der Waals surface area contributed by atoms with E-state index in [0.29, 0.717) is 11.5 Å². The molecule has 6 heteroatoms. The van der Waals surface area contributed by atoms with E-state index in [2.05, 4.69) is 0 Å². The van der Waals surface area contributed by atoms with Gasteiger partial charge in [-0.2, -0.15) is 0 Å². The van der Waals surface area contributed by atoms with Crippen LogP contribution in [0, 0.1) is 0 Å². The lowest BCUT2D eigenvalue weighted by Crippen LogP contribution is -2.06. The minimum atomic E-state index is -0.926. The molecule has 0 saturated heterocycles. The molecular weight excluding hydrogens is 312 g/mol. The molecule has 126 valence electrons. The first-order valence-electron chi connectivity index (χ1n) is 7.45. The molecule has 0 saturated carbocycles. The minimum absolute atomic E-state index is 0.0639. The predicted octanol–water partition coefficient (Wildman–Crippen LogP) is 3.06. The lowest BCUT2D eigenvalue weighted by Gasteiger charge is -2.14. The highest BCUT2D eigenvalue weighted by Gasteiger charge is 2.12. The van der Waals surface area contributed by atoms with Crippen LogP contribution in [0.2, 0.25) is 0 Å². The molecule has 0 aromatic heterocycles. The molecule has 0 fully saturated rings. The van der Waals surface area contributed by atoms with E-state index in [9.17, 15) is 9.59 Å². The molecule has 2 aromatic carbocycles. The number of rotatable bonds is 9. The van der Waals surface area contributed by atoms with Gasteiger partial charge < -0.3 is 19.7 Å². The molecule has 2 aromatic rings.